The molecule has 0 saturated heterocycles. The number of H-pyrrole nitrogens is 1. The van der Waals surface area contributed by atoms with Crippen molar-refractivity contribution in [1.29, 1.82) is 0 Å². The Morgan fingerprint density at radius 1 is 1.36 bits per heavy atom. The van der Waals surface area contributed by atoms with Crippen LogP contribution in [0.3, 0.4) is 0 Å². The highest BCUT2D eigenvalue weighted by Crippen LogP contribution is 2.19. The molecule has 2 nitrogen and oxygen atoms in total. The van der Waals surface area contributed by atoms with Gasteiger partial charge in [-0.3, -0.25) is 0 Å². The number of benzene rings is 1. The summed E-state index contributed by atoms with van der Waals surface area (Å²) in [4.78, 5) is 3.41. The predicted octanol–water partition coefficient (Wildman–Crippen LogP) is 2.24. The number of fused-ring (bicyclic) bond motifs is 1. The average molecular weight is 188 g/mol. The van der Waals surface area contributed by atoms with E-state index in [1.54, 1.807) is 0 Å². The average Bonchev–Trinajstić information content (AvgIpc) is 2.55. The molecule has 0 radical (unpaired) electrons. The minimum atomic E-state index is 1.02. The maximum Gasteiger partial charge on any atom is 0.0489 e. The van der Waals surface area contributed by atoms with E-state index in [2.05, 4.69) is 41.5 Å². The predicted molar refractivity (Wildman–Crippen MR) is 60.7 cm³/mol. The van der Waals surface area contributed by atoms with Gasteiger partial charge < -0.3 is 10.3 Å². The number of nitrogens with one attached hydrogen (secondary N) is 2. The molecule has 2 heteroatoms. The lowest BCUT2D eigenvalue weighted by atomic mass is 10.1. The Labute approximate surface area is 84.3 Å². The van der Waals surface area contributed by atoms with Crippen LogP contribution in [-0.2, 0) is 6.42 Å². The van der Waals surface area contributed by atoms with E-state index in [0.717, 1.165) is 13.0 Å². The molecule has 1 aromatic heterocycles. The zero-order valence-electron chi connectivity index (χ0n) is 8.72. The van der Waals surface area contributed by atoms with E-state index >= 15 is 0 Å². The van der Waals surface area contributed by atoms with E-state index in [0.29, 0.717) is 0 Å². The Bertz CT molecular complexity index is 429. The summed E-state index contributed by atoms with van der Waals surface area (Å²) in [6, 6.07) is 8.66. The first-order valence-corrected chi connectivity index (χ1v) is 5.03. The second-order valence-electron chi connectivity index (χ2n) is 3.69. The fourth-order valence-corrected chi connectivity index (χ4v) is 1.83. The lowest BCUT2D eigenvalue weighted by Crippen LogP contribution is -2.10. The highest BCUT2D eigenvalue weighted by molar-refractivity contribution is 5.83. The molecule has 0 aliphatic carbocycles. The largest absolute Gasteiger partial charge is 0.358 e. The van der Waals surface area contributed by atoms with Crippen LogP contribution in [-0.4, -0.2) is 18.6 Å². The topological polar surface area (TPSA) is 27.8 Å². The van der Waals surface area contributed by atoms with Crippen molar-refractivity contribution in [1.82, 2.24) is 10.3 Å². The molecular formula is C12H16N2. The number of hydrogen-bond acceptors (Lipinski definition) is 1. The molecule has 0 aliphatic heterocycles. The van der Waals surface area contributed by atoms with Crippen molar-refractivity contribution in [3.8, 4) is 0 Å². The summed E-state index contributed by atoms with van der Waals surface area (Å²) in [7, 11) is 1.99. The fourth-order valence-electron chi connectivity index (χ4n) is 1.83. The van der Waals surface area contributed by atoms with E-state index in [4.69, 9.17) is 0 Å². The second-order valence-corrected chi connectivity index (χ2v) is 3.69. The number of aromatic amines is 1. The Morgan fingerprint density at radius 2 is 2.21 bits per heavy atom. The minimum absolute atomic E-state index is 1.02. The number of rotatable bonds is 3. The van der Waals surface area contributed by atoms with E-state index < -0.39 is 0 Å². The van der Waals surface area contributed by atoms with Crippen molar-refractivity contribution in [3.05, 3.63) is 35.5 Å². The van der Waals surface area contributed by atoms with Crippen LogP contribution in [0.5, 0.6) is 0 Å². The molecule has 0 spiro atoms. The van der Waals surface area contributed by atoms with Gasteiger partial charge >= 0.3 is 0 Å². The minimum Gasteiger partial charge on any atom is -0.358 e. The Hall–Kier alpha value is -1.28. The normalized spacial score (nSPS) is 11.0. The highest BCUT2D eigenvalue weighted by Gasteiger charge is 2.02. The lowest BCUT2D eigenvalue weighted by Gasteiger charge is -2.02. The van der Waals surface area contributed by atoms with E-state index in [-0.39, 0.29) is 0 Å². The summed E-state index contributed by atoms with van der Waals surface area (Å²) >= 11 is 0. The zero-order chi connectivity index (χ0) is 9.97. The molecule has 0 fully saturated rings. The molecule has 2 aromatic rings. The molecular weight excluding hydrogens is 172 g/mol. The van der Waals surface area contributed by atoms with Gasteiger partial charge in [0.1, 0.15) is 0 Å². The molecule has 74 valence electrons. The third-order valence-electron chi connectivity index (χ3n) is 2.52. The van der Waals surface area contributed by atoms with Gasteiger partial charge in [-0.05, 0) is 44.0 Å². The first kappa shape index (κ1) is 9.28. The molecule has 2 rings (SSSR count). The summed E-state index contributed by atoms with van der Waals surface area (Å²) < 4.78 is 0. The summed E-state index contributed by atoms with van der Waals surface area (Å²) in [5.74, 6) is 0. The van der Waals surface area contributed by atoms with Gasteiger partial charge in [-0.15, -0.1) is 0 Å². The first-order valence-electron chi connectivity index (χ1n) is 5.03. The molecule has 0 bridgehead atoms. The zero-order valence-corrected chi connectivity index (χ0v) is 8.72. The number of likely N-dealkylation sites (N-methyl/N-ethyl adjacent to an activating group) is 1. The van der Waals surface area contributed by atoms with Crippen LogP contribution in [0.1, 0.15) is 11.3 Å². The Morgan fingerprint density at radius 3 is 3.00 bits per heavy atom. The van der Waals surface area contributed by atoms with E-state index in [1.807, 2.05) is 7.05 Å². The number of aryl methyl sites for hydroxylation is 1. The van der Waals surface area contributed by atoms with Gasteiger partial charge in [-0.25, -0.2) is 0 Å². The van der Waals surface area contributed by atoms with Crippen molar-refractivity contribution in [3.63, 3.8) is 0 Å². The van der Waals surface area contributed by atoms with Crippen molar-refractivity contribution < 1.29 is 0 Å². The molecule has 2 N–H and O–H groups in total. The van der Waals surface area contributed by atoms with Gasteiger partial charge in [0.05, 0.1) is 0 Å². The van der Waals surface area contributed by atoms with Crippen LogP contribution in [0.2, 0.25) is 0 Å². The van der Waals surface area contributed by atoms with Crippen LogP contribution in [0, 0.1) is 6.92 Å². The van der Waals surface area contributed by atoms with E-state index in [1.165, 1.54) is 22.2 Å². The van der Waals surface area contributed by atoms with Gasteiger partial charge in [-0.2, -0.15) is 0 Å². The van der Waals surface area contributed by atoms with Crippen LogP contribution in [0.4, 0.5) is 0 Å². The van der Waals surface area contributed by atoms with Crippen molar-refractivity contribution in [2.75, 3.05) is 13.6 Å². The van der Waals surface area contributed by atoms with Gasteiger partial charge in [0.15, 0.2) is 0 Å². The number of para-hydroxylation sites is 1. The number of hydrogen-bond donors (Lipinski definition) is 2. The molecule has 0 atom stereocenters. The Kier molecular flexibility index (Phi) is 2.55. The maximum atomic E-state index is 3.41. The molecule has 0 aliphatic rings. The molecule has 1 heterocycles. The molecule has 14 heavy (non-hydrogen) atoms. The summed E-state index contributed by atoms with van der Waals surface area (Å²) in [6.45, 7) is 3.12. The highest BCUT2D eigenvalue weighted by atomic mass is 14.8. The smallest absolute Gasteiger partial charge is 0.0489 e. The lowest BCUT2D eigenvalue weighted by molar-refractivity contribution is 0.794. The van der Waals surface area contributed by atoms with Crippen LogP contribution in [0.25, 0.3) is 10.9 Å². The molecule has 0 saturated carbocycles. The summed E-state index contributed by atoms with van der Waals surface area (Å²) in [5, 5.41) is 4.49. The van der Waals surface area contributed by atoms with Crippen molar-refractivity contribution >= 4 is 10.9 Å². The van der Waals surface area contributed by atoms with Crippen LogP contribution in [0.15, 0.2) is 24.3 Å². The molecule has 1 aromatic carbocycles. The van der Waals surface area contributed by atoms with Crippen LogP contribution < -0.4 is 5.32 Å². The standard InChI is InChI=1S/C12H16N2/c1-9-8-11-5-3-4-10(6-7-13-2)12(11)14-9/h3-5,8,13-14H,6-7H2,1-2H3. The fraction of sp³-hybridized carbons (Fsp3) is 0.333. The van der Waals surface area contributed by atoms with Gasteiger partial charge in [-0.1, -0.05) is 18.2 Å². The molecule has 0 amide bonds. The quantitative estimate of drug-likeness (QED) is 0.759. The SMILES string of the molecule is CNCCc1cccc2cc(C)[nH]c12. The summed E-state index contributed by atoms with van der Waals surface area (Å²) in [6.07, 6.45) is 1.08. The monoisotopic (exact) mass is 188 g/mol. The third-order valence-corrected chi connectivity index (χ3v) is 2.52. The van der Waals surface area contributed by atoms with Gasteiger partial charge in [0, 0.05) is 11.2 Å². The third kappa shape index (κ3) is 1.66. The van der Waals surface area contributed by atoms with Crippen LogP contribution >= 0.6 is 0 Å². The van der Waals surface area contributed by atoms with Crippen molar-refractivity contribution in [2.45, 2.75) is 13.3 Å². The first-order chi connectivity index (χ1) is 6.81. The van der Waals surface area contributed by atoms with Crippen molar-refractivity contribution in [2.24, 2.45) is 0 Å². The Balaban J connectivity index is 2.42. The van der Waals surface area contributed by atoms with Gasteiger partial charge in [0.25, 0.3) is 0 Å². The maximum absolute atomic E-state index is 3.41. The second kappa shape index (κ2) is 3.84. The van der Waals surface area contributed by atoms with E-state index in [9.17, 15) is 0 Å². The van der Waals surface area contributed by atoms with Gasteiger partial charge in [0.2, 0.25) is 0 Å². The summed E-state index contributed by atoms with van der Waals surface area (Å²) in [5.41, 5.74) is 3.92. The molecule has 0 unspecified atom stereocenters. The number of aromatic nitrogens is 1.